The molecule has 0 saturated heterocycles. The molecule has 1 saturated carbocycles. The van der Waals surface area contributed by atoms with Gasteiger partial charge in [-0.25, -0.2) is 0 Å². The van der Waals surface area contributed by atoms with Gasteiger partial charge in [0.15, 0.2) is 0 Å². The van der Waals surface area contributed by atoms with Crippen molar-refractivity contribution in [1.29, 1.82) is 0 Å². The van der Waals surface area contributed by atoms with E-state index in [-0.39, 0.29) is 0 Å². The Hall–Kier alpha value is -0.0800. The molecule has 0 aromatic carbocycles. The van der Waals surface area contributed by atoms with Crippen LogP contribution in [0.3, 0.4) is 0 Å². The molecule has 21 heavy (non-hydrogen) atoms. The van der Waals surface area contributed by atoms with Crippen molar-refractivity contribution in [2.45, 2.75) is 91.6 Å². The topological polar surface area (TPSA) is 15.3 Å². The largest absolute Gasteiger partial charge is 0.314 e. The Kier molecular flexibility index (Phi) is 8.26. The van der Waals surface area contributed by atoms with E-state index in [4.69, 9.17) is 0 Å². The fourth-order valence-corrected chi connectivity index (χ4v) is 4.00. The van der Waals surface area contributed by atoms with Crippen LogP contribution in [0, 0.1) is 11.3 Å². The van der Waals surface area contributed by atoms with Gasteiger partial charge in [-0.05, 0) is 50.5 Å². The molecule has 1 N–H and O–H groups in total. The van der Waals surface area contributed by atoms with E-state index in [0.717, 1.165) is 18.5 Å². The van der Waals surface area contributed by atoms with E-state index in [1.165, 1.54) is 51.5 Å². The van der Waals surface area contributed by atoms with E-state index in [2.05, 4.69) is 51.9 Å². The van der Waals surface area contributed by atoms with Gasteiger partial charge in [0.1, 0.15) is 0 Å². The zero-order valence-electron chi connectivity index (χ0n) is 15.5. The van der Waals surface area contributed by atoms with Crippen LogP contribution in [0.15, 0.2) is 0 Å². The first-order valence-corrected chi connectivity index (χ1v) is 9.33. The van der Waals surface area contributed by atoms with Crippen molar-refractivity contribution < 1.29 is 0 Å². The average molecular weight is 297 g/mol. The monoisotopic (exact) mass is 296 g/mol. The Morgan fingerprint density at radius 1 is 1.14 bits per heavy atom. The minimum Gasteiger partial charge on any atom is -0.314 e. The molecule has 0 aromatic heterocycles. The van der Waals surface area contributed by atoms with Crippen molar-refractivity contribution >= 4 is 0 Å². The predicted molar refractivity (Wildman–Crippen MR) is 94.8 cm³/mol. The van der Waals surface area contributed by atoms with E-state index in [1.807, 2.05) is 0 Å². The van der Waals surface area contributed by atoms with Crippen LogP contribution in [0.25, 0.3) is 0 Å². The van der Waals surface area contributed by atoms with Gasteiger partial charge in [-0.3, -0.25) is 0 Å². The van der Waals surface area contributed by atoms with Gasteiger partial charge >= 0.3 is 0 Å². The van der Waals surface area contributed by atoms with Gasteiger partial charge in [0, 0.05) is 25.2 Å². The van der Waals surface area contributed by atoms with E-state index in [9.17, 15) is 0 Å². The third-order valence-corrected chi connectivity index (χ3v) is 5.44. The molecule has 1 rings (SSSR count). The Morgan fingerprint density at radius 2 is 1.76 bits per heavy atom. The Labute approximate surface area is 134 Å². The number of nitrogens with zero attached hydrogens (tertiary/aromatic N) is 1. The molecule has 1 fully saturated rings. The number of nitrogens with one attached hydrogen (secondary N) is 1. The lowest BCUT2D eigenvalue weighted by Crippen LogP contribution is -2.46. The summed E-state index contributed by atoms with van der Waals surface area (Å²) in [7, 11) is 2.36. The minimum absolute atomic E-state index is 0.412. The predicted octanol–water partition coefficient (Wildman–Crippen LogP) is 4.69. The molecule has 1 atom stereocenters. The van der Waals surface area contributed by atoms with E-state index in [0.29, 0.717) is 11.5 Å². The van der Waals surface area contributed by atoms with E-state index >= 15 is 0 Å². The molecule has 2 nitrogen and oxygen atoms in total. The Morgan fingerprint density at radius 3 is 2.24 bits per heavy atom. The summed E-state index contributed by atoms with van der Waals surface area (Å²) in [5.74, 6) is 0.999. The normalized spacial score (nSPS) is 26.3. The first-order valence-electron chi connectivity index (χ1n) is 9.33. The van der Waals surface area contributed by atoms with Gasteiger partial charge < -0.3 is 10.2 Å². The van der Waals surface area contributed by atoms with E-state index in [1.54, 1.807) is 0 Å². The van der Waals surface area contributed by atoms with Gasteiger partial charge in [0.25, 0.3) is 0 Å². The van der Waals surface area contributed by atoms with Gasteiger partial charge in [0.05, 0.1) is 0 Å². The maximum Gasteiger partial charge on any atom is 0.00926 e. The highest BCUT2D eigenvalue weighted by Gasteiger charge is 2.29. The second-order valence-corrected chi connectivity index (χ2v) is 8.09. The quantitative estimate of drug-likeness (QED) is 0.664. The maximum absolute atomic E-state index is 3.67. The Balaban J connectivity index is 2.49. The molecular weight excluding hydrogens is 256 g/mol. The van der Waals surface area contributed by atoms with Gasteiger partial charge in [-0.1, -0.05) is 47.5 Å². The summed E-state index contributed by atoms with van der Waals surface area (Å²) in [6.45, 7) is 14.0. The molecule has 0 amide bonds. The summed E-state index contributed by atoms with van der Waals surface area (Å²) < 4.78 is 0. The van der Waals surface area contributed by atoms with Gasteiger partial charge in [-0.15, -0.1) is 0 Å². The molecule has 0 bridgehead atoms. The number of hydrogen-bond donors (Lipinski definition) is 1. The molecule has 0 aliphatic heterocycles. The van der Waals surface area contributed by atoms with Crippen LogP contribution in [0.5, 0.6) is 0 Å². The summed E-state index contributed by atoms with van der Waals surface area (Å²) in [5.41, 5.74) is 0.412. The smallest absolute Gasteiger partial charge is 0.00926 e. The fourth-order valence-electron chi connectivity index (χ4n) is 4.00. The van der Waals surface area contributed by atoms with Crippen LogP contribution in [0.2, 0.25) is 0 Å². The van der Waals surface area contributed by atoms with Crippen molar-refractivity contribution in [3.8, 4) is 0 Å². The van der Waals surface area contributed by atoms with Crippen molar-refractivity contribution in [2.75, 3.05) is 20.1 Å². The van der Waals surface area contributed by atoms with Crippen LogP contribution in [0.1, 0.15) is 79.6 Å². The highest BCUT2D eigenvalue weighted by Crippen LogP contribution is 2.31. The van der Waals surface area contributed by atoms with Gasteiger partial charge in [0.2, 0.25) is 0 Å². The number of rotatable bonds is 9. The molecule has 1 aliphatic rings. The third kappa shape index (κ3) is 6.69. The van der Waals surface area contributed by atoms with Crippen molar-refractivity contribution in [2.24, 2.45) is 11.3 Å². The summed E-state index contributed by atoms with van der Waals surface area (Å²) in [4.78, 5) is 2.67. The second-order valence-electron chi connectivity index (χ2n) is 8.09. The second kappa shape index (κ2) is 9.15. The lowest BCUT2D eigenvalue weighted by Gasteiger charge is -2.40. The van der Waals surface area contributed by atoms with Crippen LogP contribution >= 0.6 is 0 Å². The van der Waals surface area contributed by atoms with Crippen molar-refractivity contribution in [3.05, 3.63) is 0 Å². The van der Waals surface area contributed by atoms with Crippen molar-refractivity contribution in [3.63, 3.8) is 0 Å². The van der Waals surface area contributed by atoms with Crippen LogP contribution in [-0.4, -0.2) is 37.1 Å². The highest BCUT2D eigenvalue weighted by atomic mass is 15.1. The maximum atomic E-state index is 3.67. The fraction of sp³-hybridized carbons (Fsp3) is 1.00. The molecule has 0 aromatic rings. The molecule has 2 heteroatoms. The van der Waals surface area contributed by atoms with Crippen LogP contribution < -0.4 is 5.32 Å². The molecule has 0 heterocycles. The SMILES string of the molecule is CCCC(C)(CNC(C)C)CN(C)C1CCC(CC)CC1. The Bertz CT molecular complexity index is 269. The zero-order valence-corrected chi connectivity index (χ0v) is 15.5. The van der Waals surface area contributed by atoms with Crippen LogP contribution in [0.4, 0.5) is 0 Å². The zero-order chi connectivity index (χ0) is 15.9. The average Bonchev–Trinajstić information content (AvgIpc) is 2.45. The molecule has 0 radical (unpaired) electrons. The third-order valence-electron chi connectivity index (χ3n) is 5.44. The summed E-state index contributed by atoms with van der Waals surface area (Å²) >= 11 is 0. The first-order chi connectivity index (χ1) is 9.90. The summed E-state index contributed by atoms with van der Waals surface area (Å²) in [6.07, 6.45) is 9.69. The molecule has 0 spiro atoms. The summed E-state index contributed by atoms with van der Waals surface area (Å²) in [5, 5.41) is 3.67. The summed E-state index contributed by atoms with van der Waals surface area (Å²) in [6, 6.07) is 1.41. The number of hydrogen-bond acceptors (Lipinski definition) is 2. The van der Waals surface area contributed by atoms with Crippen LogP contribution in [-0.2, 0) is 0 Å². The lowest BCUT2D eigenvalue weighted by molar-refractivity contribution is 0.101. The van der Waals surface area contributed by atoms with Crippen molar-refractivity contribution in [1.82, 2.24) is 10.2 Å². The highest BCUT2D eigenvalue weighted by molar-refractivity contribution is 4.85. The van der Waals surface area contributed by atoms with E-state index < -0.39 is 0 Å². The molecule has 126 valence electrons. The minimum atomic E-state index is 0.412. The van der Waals surface area contributed by atoms with Gasteiger partial charge in [-0.2, -0.15) is 0 Å². The standard InChI is InChI=1S/C19H40N2/c1-7-13-19(5,14-20-16(3)4)15-21(6)18-11-9-17(8-2)10-12-18/h16-18,20H,7-15H2,1-6H3. The molecular formula is C19H40N2. The molecule has 1 unspecified atom stereocenters. The lowest BCUT2D eigenvalue weighted by atomic mass is 9.81. The first kappa shape index (κ1) is 19.0. The molecule has 1 aliphatic carbocycles.